The van der Waals surface area contributed by atoms with Crippen LogP contribution in [0.15, 0.2) is 36.7 Å². The van der Waals surface area contributed by atoms with Gasteiger partial charge in [-0.25, -0.2) is 9.97 Å². The third-order valence-corrected chi connectivity index (χ3v) is 6.70. The average Bonchev–Trinajstić information content (AvgIpc) is 3.49. The molecule has 1 unspecified atom stereocenters. The van der Waals surface area contributed by atoms with E-state index in [2.05, 4.69) is 44.5 Å². The highest BCUT2D eigenvalue weighted by Crippen LogP contribution is 2.39. The van der Waals surface area contributed by atoms with Crippen molar-refractivity contribution in [1.82, 2.24) is 20.3 Å². The monoisotopic (exact) mass is 403 g/mol. The van der Waals surface area contributed by atoms with Gasteiger partial charge in [0.15, 0.2) is 5.65 Å². The number of nitrogens with one attached hydrogen (secondary N) is 2. The van der Waals surface area contributed by atoms with E-state index in [4.69, 9.17) is 4.98 Å². The van der Waals surface area contributed by atoms with Crippen LogP contribution in [-0.4, -0.2) is 47.4 Å². The number of nitrogens with zero attached hydrogens (tertiary/aromatic N) is 3. The molecule has 30 heavy (non-hydrogen) atoms. The van der Waals surface area contributed by atoms with Crippen LogP contribution in [0.1, 0.15) is 32.3 Å². The van der Waals surface area contributed by atoms with Crippen LogP contribution in [0.2, 0.25) is 0 Å². The van der Waals surface area contributed by atoms with E-state index >= 15 is 0 Å². The number of carbonyl (C=O) groups excluding carboxylic acids is 1. The lowest BCUT2D eigenvalue weighted by Crippen LogP contribution is -2.29. The molecule has 3 aromatic rings. The second-order valence-electron chi connectivity index (χ2n) is 9.70. The van der Waals surface area contributed by atoms with Gasteiger partial charge in [0.25, 0.3) is 0 Å². The maximum Gasteiger partial charge on any atom is 0.156 e. The van der Waals surface area contributed by atoms with E-state index in [1.165, 1.54) is 18.5 Å². The first-order chi connectivity index (χ1) is 14.5. The lowest BCUT2D eigenvalue weighted by molar-refractivity contribution is -0.114. The molecular formula is C24H29N5O. The highest BCUT2D eigenvalue weighted by atomic mass is 16.1. The van der Waals surface area contributed by atoms with Crippen LogP contribution in [0.5, 0.6) is 0 Å². The first-order valence-corrected chi connectivity index (χ1v) is 10.8. The number of rotatable bonds is 5. The molecule has 1 atom stereocenters. The average molecular weight is 404 g/mol. The lowest BCUT2D eigenvalue weighted by Gasteiger charge is -2.24. The molecule has 6 heteroatoms. The normalized spacial score (nSPS) is 21.7. The maximum atomic E-state index is 11.4. The molecule has 2 aliphatic rings. The summed E-state index contributed by atoms with van der Waals surface area (Å²) in [5.41, 5.74) is 5.87. The van der Waals surface area contributed by atoms with E-state index in [-0.39, 0.29) is 0 Å². The molecule has 0 aliphatic carbocycles. The molecule has 156 valence electrons. The third kappa shape index (κ3) is 3.49. The molecule has 0 radical (unpaired) electrons. The van der Waals surface area contributed by atoms with E-state index < -0.39 is 5.41 Å². The molecule has 1 aromatic carbocycles. The quantitative estimate of drug-likeness (QED) is 0.637. The number of benzene rings is 1. The first kappa shape index (κ1) is 19.2. The zero-order chi connectivity index (χ0) is 20.8. The van der Waals surface area contributed by atoms with E-state index in [1.54, 1.807) is 0 Å². The number of aromatic amines is 1. The van der Waals surface area contributed by atoms with Crippen LogP contribution >= 0.6 is 0 Å². The molecule has 0 bridgehead atoms. The van der Waals surface area contributed by atoms with Crippen molar-refractivity contribution < 1.29 is 4.79 Å². The summed E-state index contributed by atoms with van der Waals surface area (Å²) in [5.74, 6) is 0. The van der Waals surface area contributed by atoms with Crippen molar-refractivity contribution in [2.75, 3.05) is 31.1 Å². The van der Waals surface area contributed by atoms with Crippen molar-refractivity contribution in [3.8, 4) is 11.3 Å². The number of carbonyl (C=O) groups is 1. The Labute approximate surface area is 177 Å². The van der Waals surface area contributed by atoms with E-state index in [0.717, 1.165) is 60.4 Å². The highest BCUT2D eigenvalue weighted by molar-refractivity contribution is 5.79. The molecule has 2 saturated heterocycles. The number of aldehydes is 1. The van der Waals surface area contributed by atoms with E-state index in [9.17, 15) is 4.79 Å². The van der Waals surface area contributed by atoms with Crippen LogP contribution in [0.4, 0.5) is 5.69 Å². The summed E-state index contributed by atoms with van der Waals surface area (Å²) >= 11 is 0. The Morgan fingerprint density at radius 2 is 2.20 bits per heavy atom. The molecule has 0 amide bonds. The van der Waals surface area contributed by atoms with Crippen LogP contribution in [0.3, 0.4) is 0 Å². The minimum absolute atomic E-state index is 0.423. The summed E-state index contributed by atoms with van der Waals surface area (Å²) in [6.45, 7) is 8.40. The molecule has 6 nitrogen and oxygen atoms in total. The van der Waals surface area contributed by atoms with Crippen molar-refractivity contribution in [1.29, 1.82) is 0 Å². The van der Waals surface area contributed by atoms with Crippen molar-refractivity contribution in [3.63, 3.8) is 0 Å². The fourth-order valence-corrected chi connectivity index (χ4v) is 4.91. The Bertz CT molecular complexity index is 1080. The molecule has 1 spiro atoms. The summed E-state index contributed by atoms with van der Waals surface area (Å²) in [7, 11) is 0. The van der Waals surface area contributed by atoms with Gasteiger partial charge in [0.2, 0.25) is 0 Å². The summed E-state index contributed by atoms with van der Waals surface area (Å²) in [6, 6.07) is 8.65. The third-order valence-electron chi connectivity index (χ3n) is 6.70. The summed E-state index contributed by atoms with van der Waals surface area (Å²) in [6.07, 6.45) is 7.94. The largest absolute Gasteiger partial charge is 0.371 e. The van der Waals surface area contributed by atoms with Crippen molar-refractivity contribution >= 4 is 23.1 Å². The number of hydrogen-bond donors (Lipinski definition) is 2. The second kappa shape index (κ2) is 7.20. The minimum Gasteiger partial charge on any atom is -0.371 e. The van der Waals surface area contributed by atoms with Gasteiger partial charge in [0.05, 0.1) is 11.9 Å². The van der Waals surface area contributed by atoms with Gasteiger partial charge in [0, 0.05) is 47.9 Å². The number of hydrogen-bond acceptors (Lipinski definition) is 5. The topological polar surface area (TPSA) is 73.9 Å². The zero-order valence-electron chi connectivity index (χ0n) is 17.7. The molecule has 4 heterocycles. The standard InChI is InChI=1S/C24H29N5O/c1-23(2,16-30)11-18-12-26-22-21(18)28-20(13-27-22)17-4-3-5-19(10-17)29-9-7-24(15-29)6-8-25-14-24/h3-5,10,12-13,16,25H,6-9,11,14-15H2,1-2H3,(H,26,27). The van der Waals surface area contributed by atoms with Gasteiger partial charge in [0.1, 0.15) is 11.8 Å². The van der Waals surface area contributed by atoms with Gasteiger partial charge in [-0.1, -0.05) is 26.0 Å². The van der Waals surface area contributed by atoms with Crippen molar-refractivity contribution in [3.05, 3.63) is 42.2 Å². The van der Waals surface area contributed by atoms with Gasteiger partial charge < -0.3 is 20.0 Å². The summed E-state index contributed by atoms with van der Waals surface area (Å²) in [5, 5.41) is 3.53. The highest BCUT2D eigenvalue weighted by Gasteiger charge is 2.40. The Morgan fingerprint density at radius 3 is 3.00 bits per heavy atom. The molecule has 2 N–H and O–H groups in total. The Hall–Kier alpha value is -2.73. The van der Waals surface area contributed by atoms with Crippen molar-refractivity contribution in [2.45, 2.75) is 33.1 Å². The smallest absolute Gasteiger partial charge is 0.156 e. The molecule has 0 saturated carbocycles. The molecule has 2 fully saturated rings. The predicted octanol–water partition coefficient (Wildman–Crippen LogP) is 3.58. The Balaban J connectivity index is 1.44. The van der Waals surface area contributed by atoms with Crippen LogP contribution in [0.25, 0.3) is 22.4 Å². The number of H-pyrrole nitrogens is 1. The van der Waals surface area contributed by atoms with Gasteiger partial charge in [-0.3, -0.25) is 0 Å². The number of aromatic nitrogens is 3. The Kier molecular flexibility index (Phi) is 4.62. The lowest BCUT2D eigenvalue weighted by atomic mass is 9.86. The molecular weight excluding hydrogens is 374 g/mol. The fourth-order valence-electron chi connectivity index (χ4n) is 4.91. The SMILES string of the molecule is CC(C)(C=O)Cc1c[nH]c2ncc(-c3cccc(N4CCC5(CCNC5)C4)c3)nc12. The number of anilines is 1. The number of fused-ring (bicyclic) bond motifs is 1. The van der Waals surface area contributed by atoms with Crippen LogP contribution < -0.4 is 10.2 Å². The van der Waals surface area contributed by atoms with Crippen LogP contribution in [-0.2, 0) is 11.2 Å². The van der Waals surface area contributed by atoms with Crippen LogP contribution in [0, 0.1) is 10.8 Å². The molecule has 5 rings (SSSR count). The maximum absolute atomic E-state index is 11.4. The van der Waals surface area contributed by atoms with Gasteiger partial charge >= 0.3 is 0 Å². The Morgan fingerprint density at radius 1 is 1.30 bits per heavy atom. The fraction of sp³-hybridized carbons (Fsp3) is 0.458. The minimum atomic E-state index is -0.423. The predicted molar refractivity (Wildman–Crippen MR) is 120 cm³/mol. The zero-order valence-corrected chi connectivity index (χ0v) is 17.7. The van der Waals surface area contributed by atoms with Crippen molar-refractivity contribution in [2.24, 2.45) is 10.8 Å². The van der Waals surface area contributed by atoms with Gasteiger partial charge in [-0.15, -0.1) is 0 Å². The first-order valence-electron chi connectivity index (χ1n) is 10.8. The van der Waals surface area contributed by atoms with Gasteiger partial charge in [-0.05, 0) is 43.5 Å². The molecule has 2 aromatic heterocycles. The summed E-state index contributed by atoms with van der Waals surface area (Å²) < 4.78 is 0. The second-order valence-corrected chi connectivity index (χ2v) is 9.70. The summed E-state index contributed by atoms with van der Waals surface area (Å²) in [4.78, 5) is 26.6. The van der Waals surface area contributed by atoms with E-state index in [1.807, 2.05) is 26.2 Å². The molecule has 2 aliphatic heterocycles. The van der Waals surface area contributed by atoms with Gasteiger partial charge in [-0.2, -0.15) is 0 Å². The van der Waals surface area contributed by atoms with E-state index in [0.29, 0.717) is 11.8 Å².